The van der Waals surface area contributed by atoms with Crippen LogP contribution in [0.1, 0.15) is 65.7 Å². The van der Waals surface area contributed by atoms with Gasteiger partial charge in [0.25, 0.3) is 0 Å². The van der Waals surface area contributed by atoms with Gasteiger partial charge >= 0.3 is 0 Å². The molecule has 0 heterocycles. The number of phenolic OH excluding ortho intramolecular Hbond substituents is 1. The second-order valence-electron chi connectivity index (χ2n) is 6.97. The molecule has 0 spiro atoms. The second kappa shape index (κ2) is 12.2. The van der Waals surface area contributed by atoms with Crippen LogP contribution in [0, 0.1) is 0 Å². The van der Waals surface area contributed by atoms with E-state index in [9.17, 15) is 5.11 Å². The average molecular weight is 337 g/mol. The molecule has 0 bridgehead atoms. The van der Waals surface area contributed by atoms with E-state index in [-0.39, 0.29) is 5.75 Å². The highest BCUT2D eigenvalue weighted by Gasteiger charge is 2.25. The Hall–Kier alpha value is -1.22. The van der Waals surface area contributed by atoms with E-state index in [0.29, 0.717) is 12.4 Å². The van der Waals surface area contributed by atoms with Crippen molar-refractivity contribution < 1.29 is 14.3 Å². The van der Waals surface area contributed by atoms with Crippen molar-refractivity contribution >= 4 is 0 Å². The van der Waals surface area contributed by atoms with Crippen molar-refractivity contribution in [3.63, 3.8) is 0 Å². The minimum Gasteiger partial charge on any atom is -0.504 e. The molecular formula is C21H38NO2+. The third kappa shape index (κ3) is 7.57. The number of nitrogens with zero attached hydrogens (tertiary/aromatic N) is 1. The number of phenols is 1. The minimum atomic E-state index is 0.237. The van der Waals surface area contributed by atoms with Gasteiger partial charge in [-0.2, -0.15) is 0 Å². The van der Waals surface area contributed by atoms with Gasteiger partial charge < -0.3 is 14.3 Å². The number of hydrogen-bond donors (Lipinski definition) is 1. The van der Waals surface area contributed by atoms with Crippen molar-refractivity contribution in [2.45, 2.75) is 65.7 Å². The largest absolute Gasteiger partial charge is 0.504 e. The number of aromatic hydroxyl groups is 1. The number of quaternary nitrogens is 1. The fourth-order valence-corrected chi connectivity index (χ4v) is 3.31. The third-order valence-electron chi connectivity index (χ3n) is 4.86. The quantitative estimate of drug-likeness (QED) is 0.365. The summed E-state index contributed by atoms with van der Waals surface area (Å²) in [6.07, 6.45) is 8.80. The van der Waals surface area contributed by atoms with Crippen LogP contribution in [0.2, 0.25) is 0 Å². The van der Waals surface area contributed by atoms with Crippen molar-refractivity contribution in [3.05, 3.63) is 24.3 Å². The summed E-state index contributed by atoms with van der Waals surface area (Å²) in [6, 6.07) is 7.24. The number of para-hydroxylation sites is 2. The zero-order valence-electron chi connectivity index (χ0n) is 16.1. The van der Waals surface area contributed by atoms with Crippen molar-refractivity contribution in [2.24, 2.45) is 0 Å². The van der Waals surface area contributed by atoms with Gasteiger partial charge in [0.1, 0.15) is 0 Å². The molecule has 1 aromatic carbocycles. The van der Waals surface area contributed by atoms with Gasteiger partial charge in [0.05, 0.1) is 32.8 Å². The number of hydrogen-bond acceptors (Lipinski definition) is 2. The van der Waals surface area contributed by atoms with Crippen LogP contribution >= 0.6 is 0 Å². The number of benzene rings is 1. The molecule has 0 saturated carbocycles. The summed E-state index contributed by atoms with van der Waals surface area (Å²) < 4.78 is 7.04. The highest BCUT2D eigenvalue weighted by Crippen LogP contribution is 2.24. The highest BCUT2D eigenvalue weighted by atomic mass is 16.5. The van der Waals surface area contributed by atoms with Crippen LogP contribution in [0.5, 0.6) is 11.5 Å². The SMILES string of the molecule is CCCC[N+](CCCC)(CCCC)CCCOc1ccccc1O. The lowest BCUT2D eigenvalue weighted by Crippen LogP contribution is -2.51. The highest BCUT2D eigenvalue weighted by molar-refractivity contribution is 5.37. The van der Waals surface area contributed by atoms with Gasteiger partial charge in [-0.05, 0) is 31.4 Å². The van der Waals surface area contributed by atoms with Crippen LogP contribution in [0.4, 0.5) is 0 Å². The molecule has 0 aromatic heterocycles. The van der Waals surface area contributed by atoms with Gasteiger partial charge in [-0.3, -0.25) is 0 Å². The lowest BCUT2D eigenvalue weighted by molar-refractivity contribution is -0.929. The Morgan fingerprint density at radius 3 is 1.79 bits per heavy atom. The normalized spacial score (nSPS) is 11.6. The first kappa shape index (κ1) is 20.8. The molecule has 138 valence electrons. The fourth-order valence-electron chi connectivity index (χ4n) is 3.31. The van der Waals surface area contributed by atoms with Gasteiger partial charge in [0.15, 0.2) is 11.5 Å². The van der Waals surface area contributed by atoms with Crippen molar-refractivity contribution in [1.82, 2.24) is 0 Å². The van der Waals surface area contributed by atoms with Crippen LogP contribution in [0.3, 0.4) is 0 Å². The fraction of sp³-hybridized carbons (Fsp3) is 0.714. The van der Waals surface area contributed by atoms with Crippen LogP contribution < -0.4 is 4.74 Å². The molecule has 0 fully saturated rings. The summed E-state index contributed by atoms with van der Waals surface area (Å²) in [5, 5.41) is 9.79. The van der Waals surface area contributed by atoms with E-state index in [1.807, 2.05) is 18.2 Å². The maximum absolute atomic E-state index is 9.79. The lowest BCUT2D eigenvalue weighted by Gasteiger charge is -2.39. The van der Waals surface area contributed by atoms with Crippen LogP contribution in [0.25, 0.3) is 0 Å². The Balaban J connectivity index is 2.56. The molecule has 3 nitrogen and oxygen atoms in total. The predicted octanol–water partition coefficient (Wildman–Crippen LogP) is 5.38. The molecule has 0 aliphatic rings. The zero-order chi connectivity index (χ0) is 17.7. The Bertz CT molecular complexity index is 412. The lowest BCUT2D eigenvalue weighted by atomic mass is 10.1. The number of rotatable bonds is 14. The minimum absolute atomic E-state index is 0.237. The van der Waals surface area contributed by atoms with Gasteiger partial charge in [-0.1, -0.05) is 52.2 Å². The van der Waals surface area contributed by atoms with E-state index < -0.39 is 0 Å². The van der Waals surface area contributed by atoms with Gasteiger partial charge in [-0.25, -0.2) is 0 Å². The molecule has 0 radical (unpaired) electrons. The molecule has 0 unspecified atom stereocenters. The van der Waals surface area contributed by atoms with E-state index >= 15 is 0 Å². The molecule has 0 aliphatic carbocycles. The van der Waals surface area contributed by atoms with E-state index in [4.69, 9.17) is 4.74 Å². The monoisotopic (exact) mass is 336 g/mol. The maximum Gasteiger partial charge on any atom is 0.160 e. The van der Waals surface area contributed by atoms with Gasteiger partial charge in [0.2, 0.25) is 0 Å². The summed E-state index contributed by atoms with van der Waals surface area (Å²) in [5.41, 5.74) is 0. The topological polar surface area (TPSA) is 29.5 Å². The van der Waals surface area contributed by atoms with E-state index in [2.05, 4.69) is 20.8 Å². The smallest absolute Gasteiger partial charge is 0.160 e. The summed E-state index contributed by atoms with van der Waals surface area (Å²) in [7, 11) is 0. The number of unbranched alkanes of at least 4 members (excludes halogenated alkanes) is 3. The Morgan fingerprint density at radius 2 is 1.29 bits per heavy atom. The van der Waals surface area contributed by atoms with Crippen molar-refractivity contribution in [1.29, 1.82) is 0 Å². The van der Waals surface area contributed by atoms with Crippen molar-refractivity contribution in [2.75, 3.05) is 32.8 Å². The average Bonchev–Trinajstić information content (AvgIpc) is 2.61. The Kier molecular flexibility index (Phi) is 10.6. The van der Waals surface area contributed by atoms with E-state index in [1.165, 1.54) is 69.2 Å². The molecule has 1 N–H and O–H groups in total. The molecule has 0 atom stereocenters. The first-order valence-corrected chi connectivity index (χ1v) is 9.93. The molecule has 3 heteroatoms. The molecule has 0 amide bonds. The van der Waals surface area contributed by atoms with Crippen molar-refractivity contribution in [3.8, 4) is 11.5 Å². The standard InChI is InChI=1S/C21H37NO2/c1-4-7-15-22(16-8-5-2,17-9-6-3)18-12-19-24-21-14-11-10-13-20(21)23/h10-11,13-14H,4-9,12,15-19H2,1-3H3/p+1. The summed E-state index contributed by atoms with van der Waals surface area (Å²) in [5.74, 6) is 0.840. The molecule has 1 rings (SSSR count). The van der Waals surface area contributed by atoms with E-state index in [1.54, 1.807) is 6.07 Å². The third-order valence-corrected chi connectivity index (χ3v) is 4.86. The van der Waals surface area contributed by atoms with Gasteiger partial charge in [-0.15, -0.1) is 0 Å². The van der Waals surface area contributed by atoms with Crippen LogP contribution in [-0.2, 0) is 0 Å². The predicted molar refractivity (Wildman–Crippen MR) is 103 cm³/mol. The first-order valence-electron chi connectivity index (χ1n) is 9.93. The van der Waals surface area contributed by atoms with E-state index in [0.717, 1.165) is 6.42 Å². The number of ether oxygens (including phenoxy) is 1. The molecule has 0 saturated heterocycles. The molecule has 0 aliphatic heterocycles. The summed E-state index contributed by atoms with van der Waals surface area (Å²) in [4.78, 5) is 0. The maximum atomic E-state index is 9.79. The second-order valence-corrected chi connectivity index (χ2v) is 6.97. The van der Waals surface area contributed by atoms with Gasteiger partial charge in [0, 0.05) is 6.42 Å². The Labute approximate surface area is 149 Å². The Morgan fingerprint density at radius 1 is 0.792 bits per heavy atom. The summed E-state index contributed by atoms with van der Waals surface area (Å²) >= 11 is 0. The van der Waals surface area contributed by atoms with Crippen LogP contribution in [0.15, 0.2) is 24.3 Å². The van der Waals surface area contributed by atoms with Crippen LogP contribution in [-0.4, -0.2) is 42.4 Å². The molecular weight excluding hydrogens is 298 g/mol. The summed E-state index contributed by atoms with van der Waals surface area (Å²) in [6.45, 7) is 12.6. The molecule has 1 aromatic rings. The first-order chi connectivity index (χ1) is 11.7. The zero-order valence-corrected chi connectivity index (χ0v) is 16.1. The molecule has 24 heavy (non-hydrogen) atoms.